The van der Waals surface area contributed by atoms with E-state index in [9.17, 15) is 0 Å². The Morgan fingerprint density at radius 3 is 2.71 bits per heavy atom. The van der Waals surface area contributed by atoms with E-state index >= 15 is 0 Å². The molecule has 1 aromatic carbocycles. The molecule has 6 nitrogen and oxygen atoms in total. The lowest BCUT2D eigenvalue weighted by Gasteiger charge is -2.04. The molecule has 6 heteroatoms. The largest absolute Gasteiger partial charge is 0.368 e. The molecule has 0 saturated carbocycles. The topological polar surface area (TPSA) is 89.9 Å². The summed E-state index contributed by atoms with van der Waals surface area (Å²) in [5, 5.41) is 7.20. The van der Waals surface area contributed by atoms with E-state index in [1.54, 1.807) is 0 Å². The van der Waals surface area contributed by atoms with Crippen LogP contribution in [0.2, 0.25) is 0 Å². The standard InChI is InChI=1S/C15H15N5O/c1-10-7-14(19-15(16)18-10)17-9-12-8-13(20-21-12)11-5-3-2-4-6-11/h2-8H,9H2,1H3,(H3,16,17,18,19). The van der Waals surface area contributed by atoms with Crippen LogP contribution in [0.4, 0.5) is 11.8 Å². The molecule has 0 aliphatic heterocycles. The van der Waals surface area contributed by atoms with Gasteiger partial charge in [0.05, 0.1) is 6.54 Å². The lowest BCUT2D eigenvalue weighted by Crippen LogP contribution is -2.04. The van der Waals surface area contributed by atoms with Crippen LogP contribution in [0.1, 0.15) is 11.5 Å². The molecule has 2 heterocycles. The quantitative estimate of drug-likeness (QED) is 0.764. The smallest absolute Gasteiger partial charge is 0.222 e. The van der Waals surface area contributed by atoms with E-state index < -0.39 is 0 Å². The number of nitrogen functional groups attached to an aromatic ring is 1. The SMILES string of the molecule is Cc1cc(NCc2cc(-c3ccccc3)no2)nc(N)n1. The van der Waals surface area contributed by atoms with E-state index in [1.807, 2.05) is 49.4 Å². The van der Waals surface area contributed by atoms with Crippen molar-refractivity contribution in [2.45, 2.75) is 13.5 Å². The molecule has 0 spiro atoms. The minimum atomic E-state index is 0.250. The average Bonchev–Trinajstić information content (AvgIpc) is 2.94. The van der Waals surface area contributed by atoms with Crippen LogP contribution < -0.4 is 11.1 Å². The molecule has 3 aromatic rings. The highest BCUT2D eigenvalue weighted by Gasteiger charge is 2.06. The Bertz CT molecular complexity index is 719. The van der Waals surface area contributed by atoms with Gasteiger partial charge in [0.1, 0.15) is 11.5 Å². The van der Waals surface area contributed by atoms with Crippen LogP contribution in [0.15, 0.2) is 47.0 Å². The van der Waals surface area contributed by atoms with Crippen LogP contribution in [-0.4, -0.2) is 15.1 Å². The Labute approximate surface area is 122 Å². The minimum absolute atomic E-state index is 0.250. The zero-order chi connectivity index (χ0) is 14.7. The number of nitrogens with two attached hydrogens (primary N) is 1. The van der Waals surface area contributed by atoms with Gasteiger partial charge < -0.3 is 15.6 Å². The van der Waals surface area contributed by atoms with Gasteiger partial charge in [-0.1, -0.05) is 35.5 Å². The Kier molecular flexibility index (Phi) is 3.51. The number of nitrogens with zero attached hydrogens (tertiary/aromatic N) is 3. The second-order valence-electron chi connectivity index (χ2n) is 4.65. The number of anilines is 2. The van der Waals surface area contributed by atoms with Crippen LogP contribution in [0.5, 0.6) is 0 Å². The predicted molar refractivity (Wildman–Crippen MR) is 80.4 cm³/mol. The zero-order valence-electron chi connectivity index (χ0n) is 11.6. The first-order chi connectivity index (χ1) is 10.2. The summed E-state index contributed by atoms with van der Waals surface area (Å²) in [6.45, 7) is 2.35. The summed E-state index contributed by atoms with van der Waals surface area (Å²) < 4.78 is 5.31. The summed E-state index contributed by atoms with van der Waals surface area (Å²) >= 11 is 0. The second-order valence-corrected chi connectivity index (χ2v) is 4.65. The van der Waals surface area contributed by atoms with Crippen molar-refractivity contribution in [3.05, 3.63) is 53.9 Å². The summed E-state index contributed by atoms with van der Waals surface area (Å²) in [7, 11) is 0. The van der Waals surface area contributed by atoms with Gasteiger partial charge in [-0.25, -0.2) is 4.98 Å². The first-order valence-electron chi connectivity index (χ1n) is 6.57. The van der Waals surface area contributed by atoms with Crippen molar-refractivity contribution < 1.29 is 4.52 Å². The van der Waals surface area contributed by atoms with Gasteiger partial charge in [-0.05, 0) is 6.92 Å². The highest BCUT2D eigenvalue weighted by molar-refractivity contribution is 5.58. The monoisotopic (exact) mass is 281 g/mol. The van der Waals surface area contributed by atoms with E-state index in [-0.39, 0.29) is 5.95 Å². The molecular formula is C15H15N5O. The maximum absolute atomic E-state index is 5.61. The number of hydrogen-bond acceptors (Lipinski definition) is 6. The normalized spacial score (nSPS) is 10.5. The van der Waals surface area contributed by atoms with Crippen molar-refractivity contribution in [3.8, 4) is 11.3 Å². The van der Waals surface area contributed by atoms with Gasteiger partial charge in [-0.3, -0.25) is 0 Å². The molecule has 0 saturated heterocycles. The molecule has 0 aliphatic carbocycles. The summed E-state index contributed by atoms with van der Waals surface area (Å²) in [6.07, 6.45) is 0. The first kappa shape index (κ1) is 13.1. The molecule has 2 aromatic heterocycles. The fraction of sp³-hybridized carbons (Fsp3) is 0.133. The Balaban J connectivity index is 1.70. The highest BCUT2D eigenvalue weighted by Crippen LogP contribution is 2.19. The van der Waals surface area contributed by atoms with Crippen LogP contribution in [0, 0.1) is 6.92 Å². The molecule has 106 valence electrons. The summed E-state index contributed by atoms with van der Waals surface area (Å²) in [5.41, 5.74) is 8.26. The number of nitrogens with one attached hydrogen (secondary N) is 1. The lowest BCUT2D eigenvalue weighted by atomic mass is 10.1. The first-order valence-corrected chi connectivity index (χ1v) is 6.57. The molecule has 0 unspecified atom stereocenters. The third-order valence-corrected chi connectivity index (χ3v) is 2.94. The Morgan fingerprint density at radius 2 is 1.95 bits per heavy atom. The maximum atomic E-state index is 5.61. The Morgan fingerprint density at radius 1 is 1.14 bits per heavy atom. The van der Waals surface area contributed by atoms with Crippen LogP contribution in [0.3, 0.4) is 0 Å². The molecule has 0 fully saturated rings. The van der Waals surface area contributed by atoms with E-state index in [1.165, 1.54) is 0 Å². The molecule has 0 radical (unpaired) electrons. The van der Waals surface area contributed by atoms with Gasteiger partial charge in [0.25, 0.3) is 0 Å². The zero-order valence-corrected chi connectivity index (χ0v) is 11.6. The summed E-state index contributed by atoms with van der Waals surface area (Å²) in [5.74, 6) is 1.64. The van der Waals surface area contributed by atoms with Gasteiger partial charge in [0.2, 0.25) is 5.95 Å². The molecule has 21 heavy (non-hydrogen) atoms. The molecule has 0 aliphatic rings. The van der Waals surface area contributed by atoms with Crippen molar-refractivity contribution in [2.24, 2.45) is 0 Å². The van der Waals surface area contributed by atoms with Gasteiger partial charge >= 0.3 is 0 Å². The number of aryl methyl sites for hydroxylation is 1. The summed E-state index contributed by atoms with van der Waals surface area (Å²) in [4.78, 5) is 8.13. The molecule has 3 rings (SSSR count). The third kappa shape index (κ3) is 3.17. The van der Waals surface area contributed by atoms with Crippen molar-refractivity contribution in [3.63, 3.8) is 0 Å². The second kappa shape index (κ2) is 5.62. The number of hydrogen-bond donors (Lipinski definition) is 2. The van der Waals surface area contributed by atoms with Gasteiger partial charge in [0, 0.05) is 23.4 Å². The third-order valence-electron chi connectivity index (χ3n) is 2.94. The predicted octanol–water partition coefficient (Wildman–Crippen LogP) is 2.63. The van der Waals surface area contributed by atoms with Crippen molar-refractivity contribution >= 4 is 11.8 Å². The number of aromatic nitrogens is 3. The molecule has 0 bridgehead atoms. The Hall–Kier alpha value is -2.89. The number of rotatable bonds is 4. The van der Waals surface area contributed by atoms with E-state index in [2.05, 4.69) is 20.4 Å². The van der Waals surface area contributed by atoms with Crippen molar-refractivity contribution in [1.82, 2.24) is 15.1 Å². The van der Waals surface area contributed by atoms with Gasteiger partial charge in [-0.2, -0.15) is 4.98 Å². The van der Waals surface area contributed by atoms with E-state index in [0.29, 0.717) is 12.4 Å². The summed E-state index contributed by atoms with van der Waals surface area (Å²) in [6, 6.07) is 13.6. The maximum Gasteiger partial charge on any atom is 0.222 e. The average molecular weight is 281 g/mol. The number of benzene rings is 1. The molecule has 3 N–H and O–H groups in total. The fourth-order valence-corrected chi connectivity index (χ4v) is 2.00. The lowest BCUT2D eigenvalue weighted by molar-refractivity contribution is 0.390. The van der Waals surface area contributed by atoms with E-state index in [4.69, 9.17) is 10.3 Å². The van der Waals surface area contributed by atoms with Crippen molar-refractivity contribution in [2.75, 3.05) is 11.1 Å². The fourth-order valence-electron chi connectivity index (χ4n) is 2.00. The van der Waals surface area contributed by atoms with Gasteiger partial charge in [-0.15, -0.1) is 0 Å². The minimum Gasteiger partial charge on any atom is -0.368 e. The van der Waals surface area contributed by atoms with Crippen LogP contribution >= 0.6 is 0 Å². The van der Waals surface area contributed by atoms with Gasteiger partial charge in [0.15, 0.2) is 5.76 Å². The van der Waals surface area contributed by atoms with E-state index in [0.717, 1.165) is 22.7 Å². The van der Waals surface area contributed by atoms with Crippen molar-refractivity contribution in [1.29, 1.82) is 0 Å². The van der Waals surface area contributed by atoms with Crippen LogP contribution in [0.25, 0.3) is 11.3 Å². The van der Waals surface area contributed by atoms with Crippen LogP contribution in [-0.2, 0) is 6.54 Å². The molecule has 0 atom stereocenters. The molecular weight excluding hydrogens is 266 g/mol. The molecule has 0 amide bonds. The highest BCUT2D eigenvalue weighted by atomic mass is 16.5.